The molecule has 0 spiro atoms. The summed E-state index contributed by atoms with van der Waals surface area (Å²) in [4.78, 5) is 12.7. The Morgan fingerprint density at radius 2 is 1.84 bits per heavy atom. The van der Waals surface area contributed by atoms with Gasteiger partial charge in [0.1, 0.15) is 0 Å². The molecule has 0 saturated carbocycles. The normalized spacial score (nSPS) is 10.5. The van der Waals surface area contributed by atoms with Crippen LogP contribution in [0.15, 0.2) is 18.2 Å². The second-order valence-corrected chi connectivity index (χ2v) is 4.38. The van der Waals surface area contributed by atoms with Crippen LogP contribution in [0, 0.1) is 10.1 Å². The van der Waals surface area contributed by atoms with Crippen LogP contribution in [-0.2, 0) is 0 Å². The van der Waals surface area contributed by atoms with Crippen LogP contribution < -0.4 is 10.6 Å². The number of non-ortho nitro benzene ring substituents is 1. The minimum Gasteiger partial charge on any atom is -0.385 e. The van der Waals surface area contributed by atoms with E-state index in [-0.39, 0.29) is 10.6 Å². The van der Waals surface area contributed by atoms with Crippen molar-refractivity contribution < 1.29 is 4.92 Å². The zero-order valence-electron chi connectivity index (χ0n) is 11.8. The molecule has 6 nitrogen and oxygen atoms in total. The summed E-state index contributed by atoms with van der Waals surface area (Å²) in [5.74, 6) is 0. The molecule has 0 heterocycles. The molecule has 2 N–H and O–H groups in total. The highest BCUT2D eigenvalue weighted by Gasteiger charge is 2.09. The Hall–Kier alpha value is -1.82. The summed E-state index contributed by atoms with van der Waals surface area (Å²) in [6.07, 6.45) is 0. The van der Waals surface area contributed by atoms with Gasteiger partial charge in [0.25, 0.3) is 5.69 Å². The van der Waals surface area contributed by atoms with Gasteiger partial charge in [0.15, 0.2) is 0 Å². The first-order chi connectivity index (χ1) is 9.06. The van der Waals surface area contributed by atoms with Crippen LogP contribution in [-0.4, -0.2) is 43.0 Å². The van der Waals surface area contributed by atoms with Crippen LogP contribution in [0.1, 0.15) is 13.8 Å². The fourth-order valence-electron chi connectivity index (χ4n) is 1.67. The molecule has 1 aromatic rings. The van der Waals surface area contributed by atoms with E-state index in [2.05, 4.69) is 22.5 Å². The maximum Gasteiger partial charge on any atom is 0.273 e. The van der Waals surface area contributed by atoms with E-state index >= 15 is 0 Å². The number of nitro benzene ring substituents is 1. The lowest BCUT2D eigenvalue weighted by Gasteiger charge is -2.15. The molecule has 0 bridgehead atoms. The molecule has 1 aromatic carbocycles. The molecule has 0 radical (unpaired) electrons. The third-order valence-electron chi connectivity index (χ3n) is 2.87. The lowest BCUT2D eigenvalue weighted by Crippen LogP contribution is -2.24. The molecule has 19 heavy (non-hydrogen) atoms. The fourth-order valence-corrected chi connectivity index (χ4v) is 1.67. The van der Waals surface area contributed by atoms with E-state index in [0.29, 0.717) is 0 Å². The maximum atomic E-state index is 10.9. The summed E-state index contributed by atoms with van der Waals surface area (Å²) < 4.78 is 0. The van der Waals surface area contributed by atoms with Gasteiger partial charge < -0.3 is 15.5 Å². The standard InChI is InChI=1S/C13H22N4O2/c1-4-14-11-8-12(10-13(9-11)17(18)19)15-6-7-16(3)5-2/h8-10,14-15H,4-7H2,1-3H3. The van der Waals surface area contributed by atoms with Gasteiger partial charge in [-0.3, -0.25) is 10.1 Å². The first kappa shape index (κ1) is 15.2. The second-order valence-electron chi connectivity index (χ2n) is 4.38. The van der Waals surface area contributed by atoms with E-state index in [9.17, 15) is 10.1 Å². The van der Waals surface area contributed by atoms with Crippen LogP contribution in [0.4, 0.5) is 17.1 Å². The number of hydrogen-bond acceptors (Lipinski definition) is 5. The maximum absolute atomic E-state index is 10.9. The van der Waals surface area contributed by atoms with Crippen LogP contribution in [0.3, 0.4) is 0 Å². The molecule has 106 valence electrons. The number of likely N-dealkylation sites (N-methyl/N-ethyl adjacent to an activating group) is 1. The van der Waals surface area contributed by atoms with E-state index < -0.39 is 0 Å². The van der Waals surface area contributed by atoms with Crippen LogP contribution in [0.25, 0.3) is 0 Å². The van der Waals surface area contributed by atoms with Crippen molar-refractivity contribution in [1.82, 2.24) is 4.90 Å². The summed E-state index contributed by atoms with van der Waals surface area (Å²) in [6, 6.07) is 5.00. The Balaban J connectivity index is 2.73. The Labute approximate surface area is 113 Å². The zero-order valence-corrected chi connectivity index (χ0v) is 11.8. The van der Waals surface area contributed by atoms with E-state index in [4.69, 9.17) is 0 Å². The van der Waals surface area contributed by atoms with Gasteiger partial charge in [0.2, 0.25) is 0 Å². The number of anilines is 2. The number of rotatable bonds is 8. The van der Waals surface area contributed by atoms with Gasteiger partial charge in [-0.05, 0) is 26.6 Å². The highest BCUT2D eigenvalue weighted by molar-refractivity contribution is 5.63. The molecule has 0 aliphatic rings. The minimum atomic E-state index is -0.371. The topological polar surface area (TPSA) is 70.4 Å². The highest BCUT2D eigenvalue weighted by Crippen LogP contribution is 2.24. The van der Waals surface area contributed by atoms with Crippen molar-refractivity contribution in [3.63, 3.8) is 0 Å². The van der Waals surface area contributed by atoms with Crippen molar-refractivity contribution in [2.45, 2.75) is 13.8 Å². The van der Waals surface area contributed by atoms with Crippen molar-refractivity contribution in [3.8, 4) is 0 Å². The van der Waals surface area contributed by atoms with E-state index in [1.165, 1.54) is 0 Å². The summed E-state index contributed by atoms with van der Waals surface area (Å²) in [5, 5.41) is 17.2. The smallest absolute Gasteiger partial charge is 0.273 e. The third kappa shape index (κ3) is 5.13. The molecule has 0 aliphatic heterocycles. The molecule has 0 saturated heterocycles. The number of hydrogen-bond donors (Lipinski definition) is 2. The summed E-state index contributed by atoms with van der Waals surface area (Å²) >= 11 is 0. The summed E-state index contributed by atoms with van der Waals surface area (Å²) in [5.41, 5.74) is 1.64. The molecule has 0 fully saturated rings. The van der Waals surface area contributed by atoms with E-state index in [0.717, 1.165) is 37.6 Å². The summed E-state index contributed by atoms with van der Waals surface area (Å²) in [7, 11) is 2.04. The highest BCUT2D eigenvalue weighted by atomic mass is 16.6. The Morgan fingerprint density at radius 3 is 2.37 bits per heavy atom. The van der Waals surface area contributed by atoms with Gasteiger partial charge in [0, 0.05) is 43.1 Å². The number of nitro groups is 1. The molecule has 0 aliphatic carbocycles. The molecule has 0 atom stereocenters. The molecule has 0 aromatic heterocycles. The van der Waals surface area contributed by atoms with Gasteiger partial charge in [-0.2, -0.15) is 0 Å². The fraction of sp³-hybridized carbons (Fsp3) is 0.538. The van der Waals surface area contributed by atoms with Crippen molar-refractivity contribution >= 4 is 17.1 Å². The van der Waals surface area contributed by atoms with Crippen LogP contribution in [0.2, 0.25) is 0 Å². The molecular weight excluding hydrogens is 244 g/mol. The lowest BCUT2D eigenvalue weighted by molar-refractivity contribution is -0.384. The largest absolute Gasteiger partial charge is 0.385 e. The van der Waals surface area contributed by atoms with Crippen molar-refractivity contribution in [2.24, 2.45) is 0 Å². The van der Waals surface area contributed by atoms with Gasteiger partial charge in [-0.1, -0.05) is 6.92 Å². The van der Waals surface area contributed by atoms with Gasteiger partial charge >= 0.3 is 0 Å². The van der Waals surface area contributed by atoms with E-state index in [1.807, 2.05) is 20.0 Å². The molecule has 1 rings (SSSR count). The Morgan fingerprint density at radius 1 is 1.21 bits per heavy atom. The Kier molecular flexibility index (Phi) is 6.08. The molecular formula is C13H22N4O2. The third-order valence-corrected chi connectivity index (χ3v) is 2.87. The van der Waals surface area contributed by atoms with Crippen molar-refractivity contribution in [2.75, 3.05) is 43.9 Å². The molecule has 0 unspecified atom stereocenters. The van der Waals surface area contributed by atoms with Crippen molar-refractivity contribution in [3.05, 3.63) is 28.3 Å². The average molecular weight is 266 g/mol. The van der Waals surface area contributed by atoms with Crippen molar-refractivity contribution in [1.29, 1.82) is 0 Å². The number of benzene rings is 1. The zero-order chi connectivity index (χ0) is 14.3. The first-order valence-corrected chi connectivity index (χ1v) is 6.52. The number of nitrogens with one attached hydrogen (secondary N) is 2. The van der Waals surface area contributed by atoms with Crippen LogP contribution >= 0.6 is 0 Å². The SMILES string of the molecule is CCNc1cc(NCCN(C)CC)cc([N+](=O)[O-])c1. The number of nitrogens with zero attached hydrogens (tertiary/aromatic N) is 2. The lowest BCUT2D eigenvalue weighted by atomic mass is 10.2. The monoisotopic (exact) mass is 266 g/mol. The Bertz CT molecular complexity index is 423. The second kappa shape index (κ2) is 7.58. The molecule has 0 amide bonds. The predicted molar refractivity (Wildman–Crippen MR) is 78.9 cm³/mol. The van der Waals surface area contributed by atoms with Gasteiger partial charge in [-0.15, -0.1) is 0 Å². The quantitative estimate of drug-likeness (QED) is 0.558. The first-order valence-electron chi connectivity index (χ1n) is 6.52. The summed E-state index contributed by atoms with van der Waals surface area (Å²) in [6.45, 7) is 7.43. The predicted octanol–water partition coefficient (Wildman–Crippen LogP) is 2.39. The van der Waals surface area contributed by atoms with Gasteiger partial charge in [0.05, 0.1) is 4.92 Å². The molecule has 6 heteroatoms. The van der Waals surface area contributed by atoms with Crippen LogP contribution in [0.5, 0.6) is 0 Å². The van der Waals surface area contributed by atoms with Gasteiger partial charge in [-0.25, -0.2) is 0 Å². The minimum absolute atomic E-state index is 0.102. The average Bonchev–Trinajstić information content (AvgIpc) is 2.38. The van der Waals surface area contributed by atoms with E-state index in [1.54, 1.807) is 12.1 Å².